The number of para-hydroxylation sites is 1. The molecule has 0 aliphatic heterocycles. The molecule has 0 fully saturated rings. The van der Waals surface area contributed by atoms with Crippen molar-refractivity contribution < 1.29 is 19.5 Å². The summed E-state index contributed by atoms with van der Waals surface area (Å²) >= 11 is 3.32. The molecule has 8 nitrogen and oxygen atoms in total. The van der Waals surface area contributed by atoms with Gasteiger partial charge in [0.25, 0.3) is 0 Å². The Morgan fingerprint density at radius 1 is 1.07 bits per heavy atom. The molecule has 0 radical (unpaired) electrons. The van der Waals surface area contributed by atoms with E-state index in [-0.39, 0.29) is 6.42 Å². The van der Waals surface area contributed by atoms with Crippen LogP contribution in [-0.2, 0) is 16.0 Å². The smallest absolute Gasteiger partial charge is 0.322 e. The molecule has 3 amide bonds. The Morgan fingerprint density at radius 3 is 2.52 bits per heavy atom. The van der Waals surface area contributed by atoms with Crippen molar-refractivity contribution in [3.8, 4) is 0 Å². The Kier molecular flexibility index (Phi) is 6.50. The van der Waals surface area contributed by atoms with Crippen molar-refractivity contribution in [1.82, 2.24) is 15.6 Å². The van der Waals surface area contributed by atoms with Crippen LogP contribution in [0.25, 0.3) is 10.9 Å². The molecule has 1 aromatic heterocycles. The molecule has 3 rings (SSSR count). The van der Waals surface area contributed by atoms with E-state index in [1.54, 1.807) is 30.5 Å². The highest BCUT2D eigenvalue weighted by molar-refractivity contribution is 9.10. The van der Waals surface area contributed by atoms with E-state index < -0.39 is 30.5 Å². The average Bonchev–Trinajstić information content (AvgIpc) is 3.10. The number of aromatic nitrogens is 1. The van der Waals surface area contributed by atoms with Gasteiger partial charge in [-0.3, -0.25) is 9.59 Å². The van der Waals surface area contributed by atoms with Crippen LogP contribution < -0.4 is 16.0 Å². The molecule has 1 atom stereocenters. The van der Waals surface area contributed by atoms with E-state index >= 15 is 0 Å². The number of amides is 3. The van der Waals surface area contributed by atoms with E-state index in [1.165, 1.54) is 0 Å². The monoisotopic (exact) mass is 458 g/mol. The van der Waals surface area contributed by atoms with Crippen LogP contribution in [0.2, 0.25) is 0 Å². The van der Waals surface area contributed by atoms with Gasteiger partial charge in [-0.05, 0) is 35.9 Å². The number of aromatic amines is 1. The Bertz CT molecular complexity index is 1030. The second kappa shape index (κ2) is 9.24. The molecule has 3 aromatic rings. The van der Waals surface area contributed by atoms with Crippen LogP contribution in [0.15, 0.2) is 59.2 Å². The Labute approximate surface area is 174 Å². The molecule has 0 unspecified atom stereocenters. The maximum absolute atomic E-state index is 12.5. The van der Waals surface area contributed by atoms with Gasteiger partial charge in [0.05, 0.1) is 0 Å². The van der Waals surface area contributed by atoms with Gasteiger partial charge in [0.15, 0.2) is 0 Å². The summed E-state index contributed by atoms with van der Waals surface area (Å²) in [5, 5.41) is 17.4. The van der Waals surface area contributed by atoms with Gasteiger partial charge in [-0.15, -0.1) is 0 Å². The fraction of sp³-hybridized carbons (Fsp3) is 0.150. The number of carboxylic acids is 1. The molecule has 150 valence electrons. The van der Waals surface area contributed by atoms with Crippen LogP contribution in [0.1, 0.15) is 5.56 Å². The lowest BCUT2D eigenvalue weighted by atomic mass is 10.0. The van der Waals surface area contributed by atoms with Crippen molar-refractivity contribution in [3.05, 3.63) is 64.8 Å². The van der Waals surface area contributed by atoms with Gasteiger partial charge in [-0.1, -0.05) is 34.1 Å². The minimum Gasteiger partial charge on any atom is -0.480 e. The molecule has 2 aromatic carbocycles. The molecular formula is C20H19BrN4O4. The van der Waals surface area contributed by atoms with Crippen LogP contribution in [0.3, 0.4) is 0 Å². The third-order valence-electron chi connectivity index (χ3n) is 4.24. The Hall–Kier alpha value is -3.33. The number of anilines is 1. The third-order valence-corrected chi connectivity index (χ3v) is 4.77. The van der Waals surface area contributed by atoms with Crippen molar-refractivity contribution in [2.75, 3.05) is 11.9 Å². The van der Waals surface area contributed by atoms with Gasteiger partial charge >= 0.3 is 12.0 Å². The fourth-order valence-electron chi connectivity index (χ4n) is 2.87. The number of rotatable bonds is 7. The van der Waals surface area contributed by atoms with Crippen LogP contribution in [0.5, 0.6) is 0 Å². The summed E-state index contributed by atoms with van der Waals surface area (Å²) in [6.07, 6.45) is 1.97. The second-order valence-electron chi connectivity index (χ2n) is 6.33. The number of fused-ring (bicyclic) bond motifs is 1. The minimum atomic E-state index is -1.16. The van der Waals surface area contributed by atoms with Gasteiger partial charge < -0.3 is 26.0 Å². The summed E-state index contributed by atoms with van der Waals surface area (Å²) in [7, 11) is 0. The summed E-state index contributed by atoms with van der Waals surface area (Å²) in [6.45, 7) is -0.529. The summed E-state index contributed by atoms with van der Waals surface area (Å²) < 4.78 is 0.869. The van der Waals surface area contributed by atoms with Crippen molar-refractivity contribution in [3.63, 3.8) is 0 Å². The first-order valence-corrected chi connectivity index (χ1v) is 9.59. The van der Waals surface area contributed by atoms with Crippen LogP contribution in [0, 0.1) is 0 Å². The highest BCUT2D eigenvalue weighted by Crippen LogP contribution is 2.19. The SMILES string of the molecule is O=C(O)CNC(=O)[C@H](Cc1c[nH]c2ccccc12)NC(=O)Nc1ccc(Br)cc1. The van der Waals surface area contributed by atoms with Crippen LogP contribution >= 0.6 is 15.9 Å². The lowest BCUT2D eigenvalue weighted by Crippen LogP contribution is -2.50. The number of hydrogen-bond donors (Lipinski definition) is 5. The normalized spacial score (nSPS) is 11.6. The molecule has 0 spiro atoms. The zero-order chi connectivity index (χ0) is 20.8. The first-order chi connectivity index (χ1) is 13.9. The predicted molar refractivity (Wildman–Crippen MR) is 113 cm³/mol. The first-order valence-electron chi connectivity index (χ1n) is 8.80. The van der Waals surface area contributed by atoms with E-state index in [1.807, 2.05) is 24.3 Å². The molecular weight excluding hydrogens is 440 g/mol. The van der Waals surface area contributed by atoms with E-state index in [4.69, 9.17) is 5.11 Å². The van der Waals surface area contributed by atoms with Crippen LogP contribution in [-0.4, -0.2) is 40.6 Å². The highest BCUT2D eigenvalue weighted by atomic mass is 79.9. The lowest BCUT2D eigenvalue weighted by molar-refractivity contribution is -0.138. The van der Waals surface area contributed by atoms with Gasteiger partial charge in [-0.25, -0.2) is 4.79 Å². The van der Waals surface area contributed by atoms with Gasteiger partial charge in [0.2, 0.25) is 5.91 Å². The molecule has 0 bridgehead atoms. The van der Waals surface area contributed by atoms with Crippen molar-refractivity contribution in [2.45, 2.75) is 12.5 Å². The number of hydrogen-bond acceptors (Lipinski definition) is 3. The van der Waals surface area contributed by atoms with E-state index in [9.17, 15) is 14.4 Å². The lowest BCUT2D eigenvalue weighted by Gasteiger charge is -2.18. The maximum Gasteiger partial charge on any atom is 0.322 e. The largest absolute Gasteiger partial charge is 0.480 e. The Balaban J connectivity index is 1.74. The number of carboxylic acid groups (broad SMARTS) is 1. The third kappa shape index (κ3) is 5.58. The predicted octanol–water partition coefficient (Wildman–Crippen LogP) is 2.86. The standard InChI is InChI=1S/C20H19BrN4O4/c21-13-5-7-14(8-6-13)24-20(29)25-17(19(28)23-11-18(26)27)9-12-10-22-16-4-2-1-3-15(12)16/h1-8,10,17,22H,9,11H2,(H,23,28)(H,26,27)(H2,24,25,29)/t17-/m0/s1. The second-order valence-corrected chi connectivity index (χ2v) is 7.25. The number of nitrogens with one attached hydrogen (secondary N) is 4. The summed E-state index contributed by atoms with van der Waals surface area (Å²) in [6, 6.07) is 13.0. The zero-order valence-corrected chi connectivity index (χ0v) is 16.8. The van der Waals surface area contributed by atoms with Gasteiger partial charge in [-0.2, -0.15) is 0 Å². The number of H-pyrrole nitrogens is 1. The molecule has 0 saturated heterocycles. The summed E-state index contributed by atoms with van der Waals surface area (Å²) in [4.78, 5) is 38.8. The summed E-state index contributed by atoms with van der Waals surface area (Å²) in [5.41, 5.74) is 2.30. The number of halogens is 1. The topological polar surface area (TPSA) is 123 Å². The Morgan fingerprint density at radius 2 is 1.79 bits per heavy atom. The number of benzene rings is 2. The number of carbonyl (C=O) groups excluding carboxylic acids is 2. The van der Waals surface area contributed by atoms with Crippen molar-refractivity contribution in [2.24, 2.45) is 0 Å². The molecule has 0 aliphatic carbocycles. The maximum atomic E-state index is 12.5. The van der Waals surface area contributed by atoms with Crippen molar-refractivity contribution in [1.29, 1.82) is 0 Å². The zero-order valence-electron chi connectivity index (χ0n) is 15.2. The van der Waals surface area contributed by atoms with E-state index in [0.29, 0.717) is 5.69 Å². The first kappa shape index (κ1) is 20.4. The molecule has 1 heterocycles. The van der Waals surface area contributed by atoms with Gasteiger partial charge in [0, 0.05) is 33.7 Å². The van der Waals surface area contributed by atoms with E-state index in [2.05, 4.69) is 36.9 Å². The molecule has 5 N–H and O–H groups in total. The molecule has 29 heavy (non-hydrogen) atoms. The number of urea groups is 1. The van der Waals surface area contributed by atoms with Crippen molar-refractivity contribution >= 4 is 50.4 Å². The quantitative estimate of drug-likeness (QED) is 0.373. The summed E-state index contributed by atoms with van der Waals surface area (Å²) in [5.74, 6) is -1.74. The fourth-order valence-corrected chi connectivity index (χ4v) is 3.14. The average molecular weight is 459 g/mol. The minimum absolute atomic E-state index is 0.198. The number of carbonyl (C=O) groups is 3. The molecule has 9 heteroatoms. The van der Waals surface area contributed by atoms with E-state index in [0.717, 1.165) is 20.9 Å². The molecule has 0 saturated carbocycles. The molecule has 0 aliphatic rings. The number of aliphatic carboxylic acids is 1. The highest BCUT2D eigenvalue weighted by Gasteiger charge is 2.23. The van der Waals surface area contributed by atoms with Gasteiger partial charge in [0.1, 0.15) is 12.6 Å². The van der Waals surface area contributed by atoms with Crippen LogP contribution in [0.4, 0.5) is 10.5 Å².